The Labute approximate surface area is 78.2 Å². The largest absolute Gasteiger partial charge is 0.508 e. The number of hydrogen-bond acceptors (Lipinski definition) is 4. The minimum absolute atomic E-state index is 0.200. The smallest absolute Gasteiger partial charge is 0.430 e. The van der Waals surface area contributed by atoms with E-state index >= 15 is 0 Å². The van der Waals surface area contributed by atoms with E-state index < -0.39 is 6.16 Å². The van der Waals surface area contributed by atoms with E-state index in [-0.39, 0.29) is 6.10 Å². The van der Waals surface area contributed by atoms with Gasteiger partial charge in [0.2, 0.25) is 0 Å². The molecule has 0 radical (unpaired) electrons. The lowest BCUT2D eigenvalue weighted by atomic mass is 10.3. The highest BCUT2D eigenvalue weighted by Gasteiger charge is 2.24. The molecule has 1 atom stereocenters. The lowest BCUT2D eigenvalue weighted by Crippen LogP contribution is -2.18. The van der Waals surface area contributed by atoms with Gasteiger partial charge in [0, 0.05) is 6.61 Å². The fourth-order valence-electron chi connectivity index (χ4n) is 1.12. The van der Waals surface area contributed by atoms with E-state index in [4.69, 9.17) is 9.47 Å². The number of carbonyl (C=O) groups is 1. The van der Waals surface area contributed by atoms with Crippen LogP contribution in [-0.4, -0.2) is 32.1 Å². The Balaban J connectivity index is 1.91. The summed E-state index contributed by atoms with van der Waals surface area (Å²) in [4.78, 5) is 10.5. The van der Waals surface area contributed by atoms with Crippen molar-refractivity contribution in [2.45, 2.75) is 32.3 Å². The summed E-state index contributed by atoms with van der Waals surface area (Å²) in [5.74, 6) is 0. The summed E-state index contributed by atoms with van der Waals surface area (Å²) in [6, 6.07) is 0. The predicted molar refractivity (Wildman–Crippen MR) is 46.6 cm³/mol. The van der Waals surface area contributed by atoms with E-state index in [0.29, 0.717) is 13.2 Å². The van der Waals surface area contributed by atoms with Crippen LogP contribution in [0.5, 0.6) is 0 Å². The van der Waals surface area contributed by atoms with Gasteiger partial charge in [0.05, 0.1) is 6.61 Å². The average molecular weight is 188 g/mol. The summed E-state index contributed by atoms with van der Waals surface area (Å²) < 4.78 is 14.7. The van der Waals surface area contributed by atoms with E-state index in [1.54, 1.807) is 0 Å². The monoisotopic (exact) mass is 188 g/mol. The Morgan fingerprint density at radius 2 is 2.38 bits per heavy atom. The molecule has 1 aliphatic heterocycles. The van der Waals surface area contributed by atoms with Crippen molar-refractivity contribution in [3.8, 4) is 0 Å². The van der Waals surface area contributed by atoms with E-state index in [1.165, 1.54) is 12.8 Å². The molecule has 0 bridgehead atoms. The van der Waals surface area contributed by atoms with E-state index in [9.17, 15) is 4.79 Å². The average Bonchev–Trinajstić information content (AvgIpc) is 2.51. The summed E-state index contributed by atoms with van der Waals surface area (Å²) in [5.41, 5.74) is 0. The second kappa shape index (κ2) is 5.80. The van der Waals surface area contributed by atoms with Crippen LogP contribution in [0, 0.1) is 0 Å². The lowest BCUT2D eigenvalue weighted by molar-refractivity contribution is 0.0445. The maximum absolute atomic E-state index is 10.5. The molecule has 76 valence electrons. The lowest BCUT2D eigenvalue weighted by Gasteiger charge is -2.06. The van der Waals surface area contributed by atoms with Gasteiger partial charge in [0.1, 0.15) is 6.61 Å². The number of ether oxygens (including phenoxy) is 3. The molecular weight excluding hydrogens is 172 g/mol. The van der Waals surface area contributed by atoms with Gasteiger partial charge in [0.25, 0.3) is 0 Å². The summed E-state index contributed by atoms with van der Waals surface area (Å²) in [6.07, 6.45) is 2.65. The van der Waals surface area contributed by atoms with Gasteiger partial charge in [-0.05, 0) is 6.42 Å². The van der Waals surface area contributed by atoms with Crippen LogP contribution in [0.4, 0.5) is 4.79 Å². The number of carbonyl (C=O) groups excluding carboxylic acids is 1. The third-order valence-corrected chi connectivity index (χ3v) is 1.85. The van der Waals surface area contributed by atoms with Crippen LogP contribution >= 0.6 is 0 Å². The van der Waals surface area contributed by atoms with E-state index in [0.717, 1.165) is 13.0 Å². The zero-order chi connectivity index (χ0) is 9.52. The molecule has 0 aromatic carbocycles. The number of cyclic esters (lactones) is 2. The highest BCUT2D eigenvalue weighted by Crippen LogP contribution is 2.06. The van der Waals surface area contributed by atoms with Crippen molar-refractivity contribution in [1.29, 1.82) is 0 Å². The Hall–Kier alpha value is -0.770. The Kier molecular flexibility index (Phi) is 4.60. The molecule has 13 heavy (non-hydrogen) atoms. The highest BCUT2D eigenvalue weighted by molar-refractivity contribution is 5.61. The van der Waals surface area contributed by atoms with Gasteiger partial charge in [-0.15, -0.1) is 0 Å². The topological polar surface area (TPSA) is 44.8 Å². The molecule has 1 heterocycles. The number of hydrogen-bond donors (Lipinski definition) is 0. The molecule has 4 nitrogen and oxygen atoms in total. The normalized spacial score (nSPS) is 21.3. The molecule has 0 spiro atoms. The molecule has 0 N–H and O–H groups in total. The first-order valence-electron chi connectivity index (χ1n) is 4.74. The Morgan fingerprint density at radius 3 is 3.00 bits per heavy atom. The molecule has 0 aliphatic carbocycles. The zero-order valence-electron chi connectivity index (χ0n) is 7.95. The van der Waals surface area contributed by atoms with Gasteiger partial charge in [0.15, 0.2) is 6.10 Å². The fraction of sp³-hybridized carbons (Fsp3) is 0.889. The van der Waals surface area contributed by atoms with Gasteiger partial charge < -0.3 is 14.2 Å². The van der Waals surface area contributed by atoms with Gasteiger partial charge in [-0.1, -0.05) is 19.8 Å². The number of rotatable bonds is 6. The van der Waals surface area contributed by atoms with Crippen molar-refractivity contribution < 1.29 is 19.0 Å². The SMILES string of the molecule is CCCCCOC[C@H]1COC(=O)O1. The van der Waals surface area contributed by atoms with Crippen molar-refractivity contribution in [3.05, 3.63) is 0 Å². The van der Waals surface area contributed by atoms with Crippen molar-refractivity contribution >= 4 is 6.16 Å². The van der Waals surface area contributed by atoms with Crippen LogP contribution in [-0.2, 0) is 14.2 Å². The second-order valence-electron chi connectivity index (χ2n) is 3.08. The molecule has 1 fully saturated rings. The van der Waals surface area contributed by atoms with Gasteiger partial charge >= 0.3 is 6.16 Å². The maximum atomic E-state index is 10.5. The first-order valence-corrected chi connectivity index (χ1v) is 4.74. The summed E-state index contributed by atoms with van der Waals surface area (Å²) >= 11 is 0. The first-order chi connectivity index (χ1) is 6.33. The quantitative estimate of drug-likeness (QED) is 0.470. The third-order valence-electron chi connectivity index (χ3n) is 1.85. The Morgan fingerprint density at radius 1 is 1.54 bits per heavy atom. The zero-order valence-corrected chi connectivity index (χ0v) is 7.95. The molecule has 0 aromatic rings. The van der Waals surface area contributed by atoms with Gasteiger partial charge in [-0.2, -0.15) is 0 Å². The van der Waals surface area contributed by atoms with Crippen LogP contribution in [0.15, 0.2) is 0 Å². The van der Waals surface area contributed by atoms with E-state index in [1.807, 2.05) is 0 Å². The standard InChI is InChI=1S/C9H16O4/c1-2-3-4-5-11-6-8-7-12-9(10)13-8/h8H,2-7H2,1H3/t8-/m0/s1. The Bertz CT molecular complexity index is 158. The molecule has 0 aromatic heterocycles. The molecule has 4 heteroatoms. The molecule has 1 saturated heterocycles. The molecule has 0 amide bonds. The molecule has 0 unspecified atom stereocenters. The molecular formula is C9H16O4. The van der Waals surface area contributed by atoms with Gasteiger partial charge in [-0.25, -0.2) is 4.79 Å². The molecule has 0 saturated carbocycles. The minimum atomic E-state index is -0.581. The fourth-order valence-corrected chi connectivity index (χ4v) is 1.12. The summed E-state index contributed by atoms with van der Waals surface area (Å²) in [6.45, 7) is 3.66. The number of unbranched alkanes of at least 4 members (excludes halogenated alkanes) is 2. The van der Waals surface area contributed by atoms with Crippen molar-refractivity contribution in [2.75, 3.05) is 19.8 Å². The van der Waals surface area contributed by atoms with Crippen molar-refractivity contribution in [2.24, 2.45) is 0 Å². The highest BCUT2D eigenvalue weighted by atomic mass is 16.8. The maximum Gasteiger partial charge on any atom is 0.508 e. The van der Waals surface area contributed by atoms with Gasteiger partial charge in [-0.3, -0.25) is 0 Å². The minimum Gasteiger partial charge on any atom is -0.430 e. The van der Waals surface area contributed by atoms with E-state index in [2.05, 4.69) is 11.7 Å². The van der Waals surface area contributed by atoms with Crippen LogP contribution in [0.2, 0.25) is 0 Å². The van der Waals surface area contributed by atoms with Crippen molar-refractivity contribution in [3.63, 3.8) is 0 Å². The van der Waals surface area contributed by atoms with Crippen LogP contribution < -0.4 is 0 Å². The van der Waals surface area contributed by atoms with Crippen LogP contribution in [0.25, 0.3) is 0 Å². The molecule has 1 rings (SSSR count). The molecule has 1 aliphatic rings. The van der Waals surface area contributed by atoms with Crippen molar-refractivity contribution in [1.82, 2.24) is 0 Å². The summed E-state index contributed by atoms with van der Waals surface area (Å²) in [7, 11) is 0. The summed E-state index contributed by atoms with van der Waals surface area (Å²) in [5, 5.41) is 0. The van der Waals surface area contributed by atoms with Crippen LogP contribution in [0.1, 0.15) is 26.2 Å². The third kappa shape index (κ3) is 4.12. The first kappa shape index (κ1) is 10.3. The van der Waals surface area contributed by atoms with Crippen LogP contribution in [0.3, 0.4) is 0 Å². The predicted octanol–water partition coefficient (Wildman–Crippen LogP) is 1.73. The second-order valence-corrected chi connectivity index (χ2v) is 3.08.